The number of nitrogens with zero attached hydrogens (tertiary/aromatic N) is 2. The quantitative estimate of drug-likeness (QED) is 0.723. The van der Waals surface area contributed by atoms with Gasteiger partial charge in [-0.05, 0) is 36.0 Å². The largest absolute Gasteiger partial charge is 0.298 e. The van der Waals surface area contributed by atoms with E-state index in [-0.39, 0.29) is 22.4 Å². The van der Waals surface area contributed by atoms with Crippen LogP contribution < -0.4 is 5.32 Å². The van der Waals surface area contributed by atoms with Crippen molar-refractivity contribution in [3.63, 3.8) is 0 Å². The molecule has 0 saturated heterocycles. The van der Waals surface area contributed by atoms with Crippen LogP contribution in [0.1, 0.15) is 10.4 Å². The van der Waals surface area contributed by atoms with Gasteiger partial charge in [-0.2, -0.15) is 8.78 Å². The van der Waals surface area contributed by atoms with E-state index in [4.69, 9.17) is 0 Å². The van der Waals surface area contributed by atoms with Crippen LogP contribution in [0.2, 0.25) is 0 Å². The monoisotopic (exact) mass is 337 g/mol. The van der Waals surface area contributed by atoms with Gasteiger partial charge in [-0.25, -0.2) is 9.97 Å². The topological polar surface area (TPSA) is 54.9 Å². The van der Waals surface area contributed by atoms with Crippen molar-refractivity contribution in [3.8, 4) is 0 Å². The molecule has 4 nitrogen and oxygen atoms in total. The summed E-state index contributed by atoms with van der Waals surface area (Å²) in [6, 6.07) is 10.5. The minimum atomic E-state index is -2.64. The first-order chi connectivity index (χ1) is 10.6. The third-order valence-electron chi connectivity index (χ3n) is 2.73. The molecule has 1 amide bonds. The second-order valence-corrected chi connectivity index (χ2v) is 6.18. The number of rotatable bonds is 4. The van der Waals surface area contributed by atoms with Crippen LogP contribution in [0.25, 0.3) is 10.2 Å². The highest BCUT2D eigenvalue weighted by Gasteiger charge is 2.17. The lowest BCUT2D eigenvalue weighted by molar-refractivity contribution is 0.102. The number of anilines is 1. The summed E-state index contributed by atoms with van der Waals surface area (Å²) in [5.74, 6) is -3.14. The maximum atomic E-state index is 12.5. The number of para-hydroxylation sites is 1. The number of benzene rings is 1. The molecule has 0 bridgehead atoms. The van der Waals surface area contributed by atoms with Crippen LogP contribution in [-0.2, 0) is 0 Å². The number of alkyl halides is 2. The maximum Gasteiger partial charge on any atom is 0.290 e. The second kappa shape index (κ2) is 6.37. The van der Waals surface area contributed by atoms with Gasteiger partial charge in [0.2, 0.25) is 0 Å². The molecule has 2 aromatic heterocycles. The average molecular weight is 337 g/mol. The average Bonchev–Trinajstić information content (AvgIpc) is 2.89. The Morgan fingerprint density at radius 2 is 2.05 bits per heavy atom. The van der Waals surface area contributed by atoms with Gasteiger partial charge in [0, 0.05) is 6.20 Å². The van der Waals surface area contributed by atoms with E-state index in [0.29, 0.717) is 5.13 Å². The molecule has 0 aliphatic heterocycles. The second-order valence-electron chi connectivity index (χ2n) is 4.18. The number of thioether (sulfide) groups is 1. The maximum absolute atomic E-state index is 12.5. The minimum Gasteiger partial charge on any atom is -0.298 e. The fourth-order valence-electron chi connectivity index (χ4n) is 1.83. The first-order valence-corrected chi connectivity index (χ1v) is 7.90. The molecule has 0 atom stereocenters. The van der Waals surface area contributed by atoms with E-state index in [1.165, 1.54) is 29.7 Å². The van der Waals surface area contributed by atoms with Crippen LogP contribution in [0, 0.1) is 0 Å². The van der Waals surface area contributed by atoms with Gasteiger partial charge in [-0.3, -0.25) is 10.1 Å². The van der Waals surface area contributed by atoms with Gasteiger partial charge in [-0.15, -0.1) is 0 Å². The predicted molar refractivity (Wildman–Crippen MR) is 83.7 cm³/mol. The highest BCUT2D eigenvalue weighted by atomic mass is 32.2. The summed E-state index contributed by atoms with van der Waals surface area (Å²) in [5, 5.41) is 3.05. The number of carbonyl (C=O) groups excluding carboxylic acids is 1. The number of halogens is 2. The van der Waals surface area contributed by atoms with Crippen LogP contribution in [0.5, 0.6) is 0 Å². The van der Waals surface area contributed by atoms with E-state index in [1.54, 1.807) is 0 Å². The Labute approximate surface area is 132 Å². The number of aromatic nitrogens is 2. The molecule has 0 unspecified atom stereocenters. The summed E-state index contributed by atoms with van der Waals surface area (Å²) in [5.41, 5.74) is 0.878. The number of pyridine rings is 1. The van der Waals surface area contributed by atoms with E-state index in [1.807, 2.05) is 24.3 Å². The minimum absolute atomic E-state index is 0.00360. The number of carbonyl (C=O) groups is 1. The molecule has 3 rings (SSSR count). The molecular weight excluding hydrogens is 328 g/mol. The Balaban J connectivity index is 1.85. The number of nitrogens with one attached hydrogen (secondary N) is 1. The van der Waals surface area contributed by atoms with Crippen molar-refractivity contribution in [1.29, 1.82) is 0 Å². The lowest BCUT2D eigenvalue weighted by Gasteiger charge is -2.06. The zero-order valence-corrected chi connectivity index (χ0v) is 12.6. The summed E-state index contributed by atoms with van der Waals surface area (Å²) in [4.78, 5) is 20.4. The van der Waals surface area contributed by atoms with Crippen molar-refractivity contribution in [3.05, 3.63) is 48.2 Å². The molecule has 0 saturated carbocycles. The highest BCUT2D eigenvalue weighted by molar-refractivity contribution is 7.99. The van der Waals surface area contributed by atoms with Gasteiger partial charge >= 0.3 is 0 Å². The highest BCUT2D eigenvalue weighted by Crippen LogP contribution is 2.29. The van der Waals surface area contributed by atoms with Crippen LogP contribution in [0.4, 0.5) is 13.9 Å². The fraction of sp³-hybridized carbons (Fsp3) is 0.0714. The van der Waals surface area contributed by atoms with Crippen molar-refractivity contribution in [2.24, 2.45) is 0 Å². The molecule has 1 N–H and O–H groups in total. The van der Waals surface area contributed by atoms with Crippen molar-refractivity contribution >= 4 is 44.4 Å². The van der Waals surface area contributed by atoms with Crippen molar-refractivity contribution in [1.82, 2.24) is 9.97 Å². The van der Waals surface area contributed by atoms with Gasteiger partial charge in [-0.1, -0.05) is 23.5 Å². The SMILES string of the molecule is O=C(Nc1nc2ccccc2s1)c1cccnc1SC(F)F. The summed E-state index contributed by atoms with van der Waals surface area (Å²) < 4.78 is 26.0. The van der Waals surface area contributed by atoms with Gasteiger partial charge < -0.3 is 0 Å². The smallest absolute Gasteiger partial charge is 0.290 e. The van der Waals surface area contributed by atoms with E-state index >= 15 is 0 Å². The van der Waals surface area contributed by atoms with E-state index in [0.717, 1.165) is 10.2 Å². The van der Waals surface area contributed by atoms with Gasteiger partial charge in [0.25, 0.3) is 11.7 Å². The third kappa shape index (κ3) is 3.23. The standard InChI is InChI=1S/C14H9F2N3OS2/c15-13(16)22-12-8(4-3-7-17-12)11(20)19-14-18-9-5-1-2-6-10(9)21-14/h1-7,13H,(H,18,19,20). The molecular formula is C14H9F2N3OS2. The molecule has 0 fully saturated rings. The molecule has 3 aromatic rings. The molecule has 0 radical (unpaired) electrons. The summed E-state index contributed by atoms with van der Waals surface area (Å²) in [6.07, 6.45) is 1.37. The lowest BCUT2D eigenvalue weighted by Crippen LogP contribution is -2.13. The number of thiazole rings is 1. The predicted octanol–water partition coefficient (Wildman–Crippen LogP) is 4.26. The molecule has 8 heteroatoms. The first-order valence-electron chi connectivity index (χ1n) is 6.20. The molecule has 0 aliphatic carbocycles. The molecule has 22 heavy (non-hydrogen) atoms. The lowest BCUT2D eigenvalue weighted by atomic mass is 10.3. The molecule has 112 valence electrons. The molecule has 2 heterocycles. The molecule has 0 spiro atoms. The zero-order valence-electron chi connectivity index (χ0n) is 11.0. The Hall–Kier alpha value is -2.06. The Morgan fingerprint density at radius 1 is 1.23 bits per heavy atom. The van der Waals surface area contributed by atoms with Crippen LogP contribution in [-0.4, -0.2) is 21.6 Å². The number of amides is 1. The summed E-state index contributed by atoms with van der Waals surface area (Å²) in [7, 11) is 0. The Kier molecular flexibility index (Phi) is 4.30. The fourth-order valence-corrected chi connectivity index (χ4v) is 3.27. The van der Waals surface area contributed by atoms with Crippen LogP contribution in [0.15, 0.2) is 47.6 Å². The number of fused-ring (bicyclic) bond motifs is 1. The number of hydrogen-bond acceptors (Lipinski definition) is 5. The molecule has 1 aromatic carbocycles. The van der Waals surface area contributed by atoms with Crippen LogP contribution >= 0.6 is 23.1 Å². The van der Waals surface area contributed by atoms with Crippen molar-refractivity contribution < 1.29 is 13.6 Å². The van der Waals surface area contributed by atoms with E-state index < -0.39 is 11.7 Å². The Morgan fingerprint density at radius 3 is 2.82 bits per heavy atom. The third-order valence-corrected chi connectivity index (χ3v) is 4.41. The first kappa shape index (κ1) is 14.9. The zero-order chi connectivity index (χ0) is 15.5. The van der Waals surface area contributed by atoms with E-state index in [9.17, 15) is 13.6 Å². The summed E-state index contributed by atoms with van der Waals surface area (Å²) >= 11 is 1.57. The van der Waals surface area contributed by atoms with Gasteiger partial charge in [0.15, 0.2) is 5.13 Å². The summed E-state index contributed by atoms with van der Waals surface area (Å²) in [6.45, 7) is 0. The number of hydrogen-bond donors (Lipinski definition) is 1. The van der Waals surface area contributed by atoms with Gasteiger partial charge in [0.1, 0.15) is 5.03 Å². The molecule has 0 aliphatic rings. The normalized spacial score (nSPS) is 11.0. The van der Waals surface area contributed by atoms with E-state index in [2.05, 4.69) is 15.3 Å². The van der Waals surface area contributed by atoms with Crippen molar-refractivity contribution in [2.45, 2.75) is 10.8 Å². The Bertz CT molecular complexity index is 789. The van der Waals surface area contributed by atoms with Crippen LogP contribution in [0.3, 0.4) is 0 Å². The van der Waals surface area contributed by atoms with Crippen molar-refractivity contribution in [2.75, 3.05) is 5.32 Å². The van der Waals surface area contributed by atoms with Gasteiger partial charge in [0.05, 0.1) is 15.8 Å².